The predicted molar refractivity (Wildman–Crippen MR) is 107 cm³/mol. The third-order valence-corrected chi connectivity index (χ3v) is 4.85. The Morgan fingerprint density at radius 3 is 2.20 bits per heavy atom. The van der Waals surface area contributed by atoms with Gasteiger partial charge in [0.1, 0.15) is 5.75 Å². The average molecular weight is 360 g/mol. The number of nitrogens with two attached hydrogens (primary N) is 1. The summed E-state index contributed by atoms with van der Waals surface area (Å²) in [6, 6.07) is 12.4. The first-order valence-electron chi connectivity index (χ1n) is 9.07. The van der Waals surface area contributed by atoms with E-state index in [0.717, 1.165) is 47.0 Å². The summed E-state index contributed by atoms with van der Waals surface area (Å²) >= 11 is 1.66. The van der Waals surface area contributed by atoms with Crippen LogP contribution in [0.15, 0.2) is 46.2 Å². The first-order valence-corrected chi connectivity index (χ1v) is 9.89. The molecule has 0 unspecified atom stereocenters. The zero-order valence-corrected chi connectivity index (χ0v) is 16.3. The molecule has 0 atom stereocenters. The Morgan fingerprint density at radius 1 is 0.920 bits per heavy atom. The number of benzene rings is 2. The van der Waals surface area contributed by atoms with Gasteiger partial charge in [0.05, 0.1) is 23.8 Å². The van der Waals surface area contributed by atoms with E-state index in [1.807, 2.05) is 12.1 Å². The lowest BCUT2D eigenvalue weighted by Crippen LogP contribution is -2.03. The first kappa shape index (κ1) is 19.5. The van der Waals surface area contributed by atoms with Crippen LogP contribution in [0.25, 0.3) is 0 Å². The average Bonchev–Trinajstić information content (AvgIpc) is 2.59. The molecule has 2 aromatic carbocycles. The molecule has 2 aromatic rings. The lowest BCUT2D eigenvalue weighted by Gasteiger charge is -2.16. The molecular weight excluding hydrogens is 330 g/mol. The van der Waals surface area contributed by atoms with Crippen LogP contribution < -0.4 is 15.2 Å². The van der Waals surface area contributed by atoms with E-state index in [0.29, 0.717) is 18.9 Å². The summed E-state index contributed by atoms with van der Waals surface area (Å²) in [5.41, 5.74) is 8.16. The summed E-state index contributed by atoms with van der Waals surface area (Å²) in [4.78, 5) is 2.17. The molecule has 0 aliphatic carbocycles. The second kappa shape index (κ2) is 10.2. The highest BCUT2D eigenvalue weighted by atomic mass is 32.2. The van der Waals surface area contributed by atoms with Crippen LogP contribution in [-0.4, -0.2) is 13.2 Å². The van der Waals surface area contributed by atoms with E-state index in [1.165, 1.54) is 5.56 Å². The fourth-order valence-electron chi connectivity index (χ4n) is 2.30. The zero-order valence-electron chi connectivity index (χ0n) is 15.5. The van der Waals surface area contributed by atoms with E-state index in [2.05, 4.69) is 45.0 Å². The van der Waals surface area contributed by atoms with Crippen LogP contribution in [0.3, 0.4) is 0 Å². The standard InChI is InChI=1S/C21H29NO2S/c1-4-6-12-23-17-14-19(22)21(24-13-7-5-2)20(15-17)25-18-10-8-16(3)9-11-18/h8-11,14-15H,4-7,12-13,22H2,1-3H3. The number of hydrogen-bond donors (Lipinski definition) is 1. The molecule has 2 N–H and O–H groups in total. The van der Waals surface area contributed by atoms with Gasteiger partial charge in [-0.1, -0.05) is 56.1 Å². The minimum Gasteiger partial charge on any atom is -0.493 e. The van der Waals surface area contributed by atoms with E-state index in [-0.39, 0.29) is 0 Å². The Bertz CT molecular complexity index is 656. The number of anilines is 1. The largest absolute Gasteiger partial charge is 0.493 e. The molecule has 0 spiro atoms. The van der Waals surface area contributed by atoms with Gasteiger partial charge in [-0.05, 0) is 38.0 Å². The number of ether oxygens (including phenoxy) is 2. The molecule has 0 aliphatic heterocycles. The minimum absolute atomic E-state index is 0.639. The molecule has 136 valence electrons. The fourth-order valence-corrected chi connectivity index (χ4v) is 3.27. The number of hydrogen-bond acceptors (Lipinski definition) is 4. The van der Waals surface area contributed by atoms with Gasteiger partial charge in [-0.15, -0.1) is 0 Å². The Labute approximate surface area is 155 Å². The van der Waals surface area contributed by atoms with Gasteiger partial charge in [-0.2, -0.15) is 0 Å². The van der Waals surface area contributed by atoms with Gasteiger partial charge in [-0.25, -0.2) is 0 Å². The van der Waals surface area contributed by atoms with Gasteiger partial charge in [0.25, 0.3) is 0 Å². The Balaban J connectivity index is 2.24. The van der Waals surface area contributed by atoms with Gasteiger partial charge in [0.15, 0.2) is 5.75 Å². The number of rotatable bonds is 10. The molecule has 0 amide bonds. The van der Waals surface area contributed by atoms with Gasteiger partial charge in [0.2, 0.25) is 0 Å². The molecular formula is C21H29NO2S. The molecule has 0 aromatic heterocycles. The number of nitrogen functional groups attached to an aromatic ring is 1. The van der Waals surface area contributed by atoms with Crippen molar-refractivity contribution in [2.45, 2.75) is 56.2 Å². The molecule has 0 bridgehead atoms. The molecule has 0 heterocycles. The summed E-state index contributed by atoms with van der Waals surface area (Å²) in [5.74, 6) is 1.57. The molecule has 3 nitrogen and oxygen atoms in total. The van der Waals surface area contributed by atoms with Crippen molar-refractivity contribution in [1.29, 1.82) is 0 Å². The summed E-state index contributed by atoms with van der Waals surface area (Å²) < 4.78 is 11.8. The smallest absolute Gasteiger partial charge is 0.156 e. The van der Waals surface area contributed by atoms with Crippen LogP contribution in [0.5, 0.6) is 11.5 Å². The van der Waals surface area contributed by atoms with E-state index in [4.69, 9.17) is 15.2 Å². The van der Waals surface area contributed by atoms with Gasteiger partial charge >= 0.3 is 0 Å². The van der Waals surface area contributed by atoms with Crippen molar-refractivity contribution in [3.05, 3.63) is 42.0 Å². The summed E-state index contributed by atoms with van der Waals surface area (Å²) in [7, 11) is 0. The molecule has 4 heteroatoms. The Kier molecular flexibility index (Phi) is 7.99. The fraction of sp³-hybridized carbons (Fsp3) is 0.429. The van der Waals surface area contributed by atoms with Crippen molar-refractivity contribution in [3.63, 3.8) is 0 Å². The normalized spacial score (nSPS) is 10.7. The van der Waals surface area contributed by atoms with E-state index >= 15 is 0 Å². The lowest BCUT2D eigenvalue weighted by molar-refractivity contribution is 0.296. The van der Waals surface area contributed by atoms with Gasteiger partial charge < -0.3 is 15.2 Å². The van der Waals surface area contributed by atoms with Crippen LogP contribution in [-0.2, 0) is 0 Å². The first-order chi connectivity index (χ1) is 12.1. The molecule has 0 saturated carbocycles. The minimum atomic E-state index is 0.639. The van der Waals surface area contributed by atoms with Crippen molar-refractivity contribution in [1.82, 2.24) is 0 Å². The molecule has 0 aliphatic rings. The molecule has 25 heavy (non-hydrogen) atoms. The monoisotopic (exact) mass is 359 g/mol. The van der Waals surface area contributed by atoms with E-state index in [1.54, 1.807) is 11.8 Å². The molecule has 0 fully saturated rings. The highest BCUT2D eigenvalue weighted by Gasteiger charge is 2.13. The molecule has 0 radical (unpaired) electrons. The van der Waals surface area contributed by atoms with Crippen molar-refractivity contribution >= 4 is 17.4 Å². The SMILES string of the molecule is CCCCOc1cc(N)c(OCCCC)c(Sc2ccc(C)cc2)c1. The van der Waals surface area contributed by atoms with Crippen molar-refractivity contribution in [2.24, 2.45) is 0 Å². The Morgan fingerprint density at radius 2 is 1.56 bits per heavy atom. The second-order valence-corrected chi connectivity index (χ2v) is 7.27. The third-order valence-electron chi connectivity index (χ3n) is 3.82. The highest BCUT2D eigenvalue weighted by molar-refractivity contribution is 7.99. The molecule has 0 saturated heterocycles. The number of aryl methyl sites for hydroxylation is 1. The predicted octanol–water partition coefficient (Wildman–Crippen LogP) is 6.09. The summed E-state index contributed by atoms with van der Waals surface area (Å²) in [6.45, 7) is 7.78. The summed E-state index contributed by atoms with van der Waals surface area (Å²) in [6.07, 6.45) is 4.26. The topological polar surface area (TPSA) is 44.5 Å². The maximum absolute atomic E-state index is 6.27. The van der Waals surface area contributed by atoms with Gasteiger partial charge in [-0.3, -0.25) is 0 Å². The van der Waals surface area contributed by atoms with E-state index in [9.17, 15) is 0 Å². The van der Waals surface area contributed by atoms with E-state index < -0.39 is 0 Å². The van der Waals surface area contributed by atoms with Crippen LogP contribution in [0.4, 0.5) is 5.69 Å². The Hall–Kier alpha value is -1.81. The van der Waals surface area contributed by atoms with Crippen LogP contribution >= 0.6 is 11.8 Å². The van der Waals surface area contributed by atoms with Crippen LogP contribution in [0.2, 0.25) is 0 Å². The van der Waals surface area contributed by atoms with Crippen molar-refractivity contribution in [2.75, 3.05) is 18.9 Å². The maximum atomic E-state index is 6.27. The van der Waals surface area contributed by atoms with Gasteiger partial charge in [0, 0.05) is 11.0 Å². The zero-order chi connectivity index (χ0) is 18.1. The second-order valence-electron chi connectivity index (χ2n) is 6.16. The summed E-state index contributed by atoms with van der Waals surface area (Å²) in [5, 5.41) is 0. The lowest BCUT2D eigenvalue weighted by atomic mass is 10.2. The van der Waals surface area contributed by atoms with Crippen LogP contribution in [0, 0.1) is 6.92 Å². The maximum Gasteiger partial charge on any atom is 0.156 e. The van der Waals surface area contributed by atoms with Crippen molar-refractivity contribution in [3.8, 4) is 11.5 Å². The number of unbranched alkanes of at least 4 members (excludes halogenated alkanes) is 2. The van der Waals surface area contributed by atoms with Crippen molar-refractivity contribution < 1.29 is 9.47 Å². The quantitative estimate of drug-likeness (QED) is 0.412. The molecule has 2 rings (SSSR count). The third kappa shape index (κ3) is 6.20. The van der Waals surface area contributed by atoms with Crippen LogP contribution in [0.1, 0.15) is 45.1 Å². The highest BCUT2D eigenvalue weighted by Crippen LogP contribution is 2.41.